The molecule has 4 nitrogen and oxygen atoms in total. The van der Waals surface area contributed by atoms with E-state index in [9.17, 15) is 0 Å². The van der Waals surface area contributed by atoms with Crippen LogP contribution in [0, 0.1) is 5.92 Å². The molecule has 0 radical (unpaired) electrons. The first-order valence-corrected chi connectivity index (χ1v) is 6.64. The number of hydrogen-bond donors (Lipinski definition) is 2. The summed E-state index contributed by atoms with van der Waals surface area (Å²) in [5.41, 5.74) is 2.20. The summed E-state index contributed by atoms with van der Waals surface area (Å²) >= 11 is 0. The predicted molar refractivity (Wildman–Crippen MR) is 76.1 cm³/mol. The molecule has 0 aliphatic heterocycles. The van der Waals surface area contributed by atoms with Gasteiger partial charge in [-0.3, -0.25) is 0 Å². The Kier molecular flexibility index (Phi) is 4.71. The Morgan fingerprint density at radius 2 is 2.00 bits per heavy atom. The maximum Gasteiger partial charge on any atom is 0.0645 e. The van der Waals surface area contributed by atoms with Gasteiger partial charge in [-0.25, -0.2) is 4.68 Å². The lowest BCUT2D eigenvalue weighted by Crippen LogP contribution is -2.33. The van der Waals surface area contributed by atoms with Gasteiger partial charge in [0.1, 0.15) is 0 Å². The van der Waals surface area contributed by atoms with Crippen LogP contribution in [0.1, 0.15) is 19.4 Å². The van der Waals surface area contributed by atoms with Crippen molar-refractivity contribution in [3.8, 4) is 5.69 Å². The van der Waals surface area contributed by atoms with Crippen molar-refractivity contribution in [3.63, 3.8) is 0 Å². The SMILES string of the molecule is CC(CO)C(C)NCc1cnn(-c2ccccc2)c1. The second kappa shape index (κ2) is 6.50. The molecule has 1 aromatic heterocycles. The molecule has 102 valence electrons. The number of aromatic nitrogens is 2. The predicted octanol–water partition coefficient (Wildman–Crippen LogP) is 1.98. The van der Waals surface area contributed by atoms with Crippen molar-refractivity contribution in [1.82, 2.24) is 15.1 Å². The minimum atomic E-state index is 0.206. The normalized spacial score (nSPS) is 14.3. The first-order chi connectivity index (χ1) is 9.20. The van der Waals surface area contributed by atoms with Gasteiger partial charge in [0.05, 0.1) is 11.9 Å². The van der Waals surface area contributed by atoms with Gasteiger partial charge in [-0.15, -0.1) is 0 Å². The zero-order chi connectivity index (χ0) is 13.7. The largest absolute Gasteiger partial charge is 0.396 e. The fraction of sp³-hybridized carbons (Fsp3) is 0.400. The molecule has 2 aromatic rings. The van der Waals surface area contributed by atoms with Crippen molar-refractivity contribution >= 4 is 0 Å². The number of aliphatic hydroxyl groups excluding tert-OH is 1. The van der Waals surface area contributed by atoms with Crippen molar-refractivity contribution in [3.05, 3.63) is 48.3 Å². The quantitative estimate of drug-likeness (QED) is 0.834. The number of hydrogen-bond acceptors (Lipinski definition) is 3. The van der Waals surface area contributed by atoms with Crippen LogP contribution in [0.3, 0.4) is 0 Å². The summed E-state index contributed by atoms with van der Waals surface area (Å²) in [5.74, 6) is 0.254. The van der Waals surface area contributed by atoms with Gasteiger partial charge in [-0.1, -0.05) is 25.1 Å². The Hall–Kier alpha value is -1.65. The van der Waals surface area contributed by atoms with Crippen LogP contribution in [0.5, 0.6) is 0 Å². The summed E-state index contributed by atoms with van der Waals surface area (Å²) in [6.45, 7) is 5.09. The van der Waals surface area contributed by atoms with Crippen LogP contribution in [-0.4, -0.2) is 27.5 Å². The number of nitrogens with zero attached hydrogens (tertiary/aromatic N) is 2. The summed E-state index contributed by atoms with van der Waals surface area (Å²) in [4.78, 5) is 0. The van der Waals surface area contributed by atoms with Crippen LogP contribution in [-0.2, 0) is 6.54 Å². The lowest BCUT2D eigenvalue weighted by atomic mass is 10.1. The molecule has 1 aromatic carbocycles. The Balaban J connectivity index is 1.95. The Bertz CT molecular complexity index is 495. The molecule has 0 aliphatic rings. The lowest BCUT2D eigenvalue weighted by molar-refractivity contribution is 0.207. The Labute approximate surface area is 114 Å². The maximum atomic E-state index is 9.10. The van der Waals surface area contributed by atoms with Crippen LogP contribution in [0.2, 0.25) is 0 Å². The first kappa shape index (κ1) is 13.8. The highest BCUT2D eigenvalue weighted by Gasteiger charge is 2.10. The molecular weight excluding hydrogens is 238 g/mol. The van der Waals surface area contributed by atoms with E-state index >= 15 is 0 Å². The fourth-order valence-electron chi connectivity index (χ4n) is 1.81. The van der Waals surface area contributed by atoms with E-state index in [0.717, 1.165) is 17.8 Å². The van der Waals surface area contributed by atoms with Gasteiger partial charge in [-0.05, 0) is 25.0 Å². The molecule has 0 saturated carbocycles. The number of para-hydroxylation sites is 1. The van der Waals surface area contributed by atoms with Gasteiger partial charge in [0, 0.05) is 31.0 Å². The highest BCUT2D eigenvalue weighted by atomic mass is 16.3. The molecule has 0 aliphatic carbocycles. The smallest absolute Gasteiger partial charge is 0.0645 e. The molecule has 0 fully saturated rings. The van der Waals surface area contributed by atoms with Gasteiger partial charge in [0.2, 0.25) is 0 Å². The van der Waals surface area contributed by atoms with E-state index in [0.29, 0.717) is 0 Å². The second-order valence-corrected chi connectivity index (χ2v) is 4.96. The zero-order valence-electron chi connectivity index (χ0n) is 11.5. The monoisotopic (exact) mass is 259 g/mol. The third kappa shape index (κ3) is 3.66. The average Bonchev–Trinajstić information content (AvgIpc) is 2.93. The molecule has 4 heteroatoms. The molecule has 0 saturated heterocycles. The molecule has 0 amide bonds. The molecule has 0 spiro atoms. The van der Waals surface area contributed by atoms with Crippen LogP contribution in [0.4, 0.5) is 0 Å². The zero-order valence-corrected chi connectivity index (χ0v) is 11.5. The molecule has 19 heavy (non-hydrogen) atoms. The van der Waals surface area contributed by atoms with Crippen molar-refractivity contribution in [2.45, 2.75) is 26.4 Å². The third-order valence-electron chi connectivity index (χ3n) is 3.43. The standard InChI is InChI=1S/C15H21N3O/c1-12(11-19)13(2)16-8-14-9-17-18(10-14)15-6-4-3-5-7-15/h3-7,9-10,12-13,16,19H,8,11H2,1-2H3. The minimum absolute atomic E-state index is 0.206. The Morgan fingerprint density at radius 3 is 2.68 bits per heavy atom. The van der Waals surface area contributed by atoms with Crippen molar-refractivity contribution in [2.75, 3.05) is 6.61 Å². The number of rotatable bonds is 6. The van der Waals surface area contributed by atoms with Crippen molar-refractivity contribution in [2.24, 2.45) is 5.92 Å². The van der Waals surface area contributed by atoms with E-state index in [-0.39, 0.29) is 18.6 Å². The lowest BCUT2D eigenvalue weighted by Gasteiger charge is -2.18. The molecule has 2 N–H and O–H groups in total. The van der Waals surface area contributed by atoms with Crippen LogP contribution < -0.4 is 5.32 Å². The van der Waals surface area contributed by atoms with Gasteiger partial charge < -0.3 is 10.4 Å². The van der Waals surface area contributed by atoms with Gasteiger partial charge in [0.25, 0.3) is 0 Å². The van der Waals surface area contributed by atoms with Crippen LogP contribution >= 0.6 is 0 Å². The van der Waals surface area contributed by atoms with E-state index in [4.69, 9.17) is 5.11 Å². The summed E-state index contributed by atoms with van der Waals surface area (Å²) in [5, 5.41) is 16.9. The number of nitrogens with one attached hydrogen (secondary N) is 1. The summed E-state index contributed by atoms with van der Waals surface area (Å²) in [6, 6.07) is 10.3. The topological polar surface area (TPSA) is 50.1 Å². The molecular formula is C15H21N3O. The van der Waals surface area contributed by atoms with Gasteiger partial charge >= 0.3 is 0 Å². The van der Waals surface area contributed by atoms with Gasteiger partial charge in [-0.2, -0.15) is 5.10 Å². The fourth-order valence-corrected chi connectivity index (χ4v) is 1.81. The highest BCUT2D eigenvalue weighted by molar-refractivity contribution is 5.30. The van der Waals surface area contributed by atoms with Crippen molar-refractivity contribution in [1.29, 1.82) is 0 Å². The third-order valence-corrected chi connectivity index (χ3v) is 3.43. The maximum absolute atomic E-state index is 9.10. The molecule has 2 rings (SSSR count). The molecule has 0 bridgehead atoms. The second-order valence-electron chi connectivity index (χ2n) is 4.96. The van der Waals surface area contributed by atoms with Crippen molar-refractivity contribution < 1.29 is 5.11 Å². The molecule has 2 atom stereocenters. The number of benzene rings is 1. The minimum Gasteiger partial charge on any atom is -0.396 e. The van der Waals surface area contributed by atoms with E-state index in [1.807, 2.05) is 54.3 Å². The molecule has 2 unspecified atom stereocenters. The highest BCUT2D eigenvalue weighted by Crippen LogP contribution is 2.08. The molecule has 1 heterocycles. The summed E-state index contributed by atoms with van der Waals surface area (Å²) < 4.78 is 1.87. The van der Waals surface area contributed by atoms with Crippen LogP contribution in [0.25, 0.3) is 5.69 Å². The van der Waals surface area contributed by atoms with E-state index in [1.165, 1.54) is 0 Å². The number of aliphatic hydroxyl groups is 1. The van der Waals surface area contributed by atoms with E-state index < -0.39 is 0 Å². The summed E-state index contributed by atoms with van der Waals surface area (Å²) in [7, 11) is 0. The summed E-state index contributed by atoms with van der Waals surface area (Å²) in [6.07, 6.45) is 3.90. The van der Waals surface area contributed by atoms with Crippen LogP contribution in [0.15, 0.2) is 42.7 Å². The van der Waals surface area contributed by atoms with Gasteiger partial charge in [0.15, 0.2) is 0 Å². The first-order valence-electron chi connectivity index (χ1n) is 6.64. The average molecular weight is 259 g/mol. The van der Waals surface area contributed by atoms with E-state index in [1.54, 1.807) is 0 Å². The Morgan fingerprint density at radius 1 is 1.26 bits per heavy atom. The van der Waals surface area contributed by atoms with E-state index in [2.05, 4.69) is 17.3 Å².